The van der Waals surface area contributed by atoms with Gasteiger partial charge in [-0.15, -0.1) is 0 Å². The molecule has 3 heterocycles. The zero-order chi connectivity index (χ0) is 37.3. The number of unbranched alkanes of at least 4 members (excludes halogenated alkanes) is 1. The van der Waals surface area contributed by atoms with Gasteiger partial charge in [0.2, 0.25) is 11.8 Å². The predicted octanol–water partition coefficient (Wildman–Crippen LogP) is 4.19. The maximum Gasteiger partial charge on any atom is 0.433 e. The van der Waals surface area contributed by atoms with Crippen molar-refractivity contribution < 1.29 is 42.5 Å². The summed E-state index contributed by atoms with van der Waals surface area (Å²) in [6.45, 7) is 8.97. The summed E-state index contributed by atoms with van der Waals surface area (Å²) in [6, 6.07) is 8.56. The number of thioether (sulfide) groups is 1. The second kappa shape index (κ2) is 21.6. The third kappa shape index (κ3) is 15.5. The van der Waals surface area contributed by atoms with Crippen LogP contribution in [0.25, 0.3) is 0 Å². The van der Waals surface area contributed by atoms with Gasteiger partial charge in [-0.25, -0.2) is 9.78 Å². The van der Waals surface area contributed by atoms with Crippen molar-refractivity contribution in [3.8, 4) is 11.6 Å². The van der Waals surface area contributed by atoms with Gasteiger partial charge in [0.1, 0.15) is 11.4 Å². The Morgan fingerprint density at radius 1 is 1.08 bits per heavy atom. The van der Waals surface area contributed by atoms with Crippen molar-refractivity contribution in [2.45, 2.75) is 83.4 Å². The number of nitrogens with two attached hydrogens (primary N) is 1. The SMILES string of the molecule is CC(C)CNC(=O)CCCCC1SC[C@@H]2NC(=O)N[C@H]12.CC(C)CO.NCc1cc(Oc2cccc(C(=O)NCCO)c2)nc(C(F)(F)F)c1. The molecule has 8 N–H and O–H groups in total. The van der Waals surface area contributed by atoms with E-state index in [1.807, 2.05) is 25.6 Å². The molecule has 0 saturated carbocycles. The highest BCUT2D eigenvalue weighted by atomic mass is 32.2. The molecule has 1 unspecified atom stereocenters. The number of nitrogens with zero attached hydrogens (tertiary/aromatic N) is 1. The molecule has 2 saturated heterocycles. The quantitative estimate of drug-likeness (QED) is 0.111. The lowest BCUT2D eigenvalue weighted by Gasteiger charge is -2.16. The largest absolute Gasteiger partial charge is 0.439 e. The average molecular weight is 729 g/mol. The number of aromatic nitrogens is 1. The number of benzene rings is 1. The molecule has 3 atom stereocenters. The van der Waals surface area contributed by atoms with Crippen LogP contribution < -0.4 is 31.7 Å². The smallest absolute Gasteiger partial charge is 0.433 e. The number of hydrogen-bond acceptors (Lipinski definition) is 9. The van der Waals surface area contributed by atoms with Gasteiger partial charge >= 0.3 is 12.2 Å². The van der Waals surface area contributed by atoms with Gasteiger partial charge in [0.15, 0.2) is 0 Å². The van der Waals surface area contributed by atoms with Crippen molar-refractivity contribution in [1.29, 1.82) is 0 Å². The number of carbonyl (C=O) groups excluding carboxylic acids is 3. The molecule has 50 heavy (non-hydrogen) atoms. The Bertz CT molecular complexity index is 1370. The molecule has 4 amide bonds. The summed E-state index contributed by atoms with van der Waals surface area (Å²) in [5.74, 6) is 1.53. The van der Waals surface area contributed by atoms with Gasteiger partial charge in [-0.3, -0.25) is 9.59 Å². The van der Waals surface area contributed by atoms with Gasteiger partial charge in [0, 0.05) is 55.3 Å². The Labute approximate surface area is 295 Å². The first-order valence-electron chi connectivity index (χ1n) is 16.7. The second-order valence-corrected chi connectivity index (χ2v) is 13.9. The number of amides is 4. The third-order valence-corrected chi connectivity index (χ3v) is 8.77. The Balaban J connectivity index is 0.000000311. The lowest BCUT2D eigenvalue weighted by Crippen LogP contribution is -2.36. The van der Waals surface area contributed by atoms with Gasteiger partial charge in [-0.05, 0) is 54.5 Å². The normalized spacial score (nSPS) is 17.8. The summed E-state index contributed by atoms with van der Waals surface area (Å²) in [5.41, 5.74) is 4.75. The number of ether oxygens (including phenoxy) is 1. The number of alkyl halides is 3. The van der Waals surface area contributed by atoms with Crippen LogP contribution >= 0.6 is 11.8 Å². The first kappa shape index (κ1) is 42.6. The number of urea groups is 1. The Hall–Kier alpha value is -3.60. The fourth-order valence-electron chi connectivity index (χ4n) is 4.65. The minimum atomic E-state index is -4.63. The summed E-state index contributed by atoms with van der Waals surface area (Å²) in [4.78, 5) is 38.1. The van der Waals surface area contributed by atoms with Crippen LogP contribution in [0.1, 0.15) is 75.0 Å². The van der Waals surface area contributed by atoms with Crippen molar-refractivity contribution in [3.63, 3.8) is 0 Å². The van der Waals surface area contributed by atoms with E-state index < -0.39 is 17.8 Å². The minimum Gasteiger partial charge on any atom is -0.439 e. The van der Waals surface area contributed by atoms with Crippen LogP contribution in [0.2, 0.25) is 0 Å². The molecule has 0 radical (unpaired) electrons. The zero-order valence-corrected chi connectivity index (χ0v) is 29.8. The van der Waals surface area contributed by atoms with Crippen LogP contribution in [0.15, 0.2) is 36.4 Å². The Kier molecular flexibility index (Phi) is 18.4. The highest BCUT2D eigenvalue weighted by Crippen LogP contribution is 2.33. The van der Waals surface area contributed by atoms with Crippen LogP contribution in [0, 0.1) is 11.8 Å². The fourth-order valence-corrected chi connectivity index (χ4v) is 6.19. The molecule has 16 heteroatoms. The predicted molar refractivity (Wildman–Crippen MR) is 187 cm³/mol. The van der Waals surface area contributed by atoms with Crippen molar-refractivity contribution in [2.75, 3.05) is 32.1 Å². The van der Waals surface area contributed by atoms with E-state index in [-0.39, 0.29) is 60.4 Å². The van der Waals surface area contributed by atoms with Crippen LogP contribution in [0.3, 0.4) is 0 Å². The van der Waals surface area contributed by atoms with Crippen LogP contribution in [0.5, 0.6) is 11.6 Å². The van der Waals surface area contributed by atoms with Crippen LogP contribution in [-0.2, 0) is 17.5 Å². The molecule has 2 aliphatic heterocycles. The highest BCUT2D eigenvalue weighted by Gasteiger charge is 2.42. The van der Waals surface area contributed by atoms with Gasteiger partial charge in [0.25, 0.3) is 5.91 Å². The number of aliphatic hydroxyl groups excluding tert-OH is 2. The van der Waals surface area contributed by atoms with Crippen molar-refractivity contribution in [2.24, 2.45) is 17.6 Å². The van der Waals surface area contributed by atoms with Gasteiger partial charge in [0.05, 0.1) is 18.7 Å². The molecule has 0 spiro atoms. The first-order valence-corrected chi connectivity index (χ1v) is 17.7. The van der Waals surface area contributed by atoms with E-state index in [0.717, 1.165) is 37.6 Å². The molecule has 0 bridgehead atoms. The Morgan fingerprint density at radius 2 is 1.80 bits per heavy atom. The molecule has 4 rings (SSSR count). The number of rotatable bonds is 14. The minimum absolute atomic E-state index is 0.0293. The molecular weight excluding hydrogens is 677 g/mol. The van der Waals surface area contributed by atoms with Crippen LogP contribution in [0.4, 0.5) is 18.0 Å². The number of hydrogen-bond donors (Lipinski definition) is 7. The molecule has 2 aromatic rings. The molecule has 12 nitrogen and oxygen atoms in total. The molecule has 1 aromatic heterocycles. The van der Waals surface area contributed by atoms with Crippen LogP contribution in [-0.4, -0.2) is 82.4 Å². The van der Waals surface area contributed by atoms with Crippen molar-refractivity contribution >= 4 is 29.6 Å². The summed E-state index contributed by atoms with van der Waals surface area (Å²) in [6.07, 6.45) is -0.963. The number of aliphatic hydroxyl groups is 2. The fraction of sp³-hybridized carbons (Fsp3) is 0.588. The number of fused-ring (bicyclic) bond motifs is 1. The topological polar surface area (TPSA) is 188 Å². The maximum atomic E-state index is 12.9. The lowest BCUT2D eigenvalue weighted by atomic mass is 10.0. The van der Waals surface area contributed by atoms with Gasteiger partial charge < -0.3 is 42.0 Å². The summed E-state index contributed by atoms with van der Waals surface area (Å²) >= 11 is 1.93. The van der Waals surface area contributed by atoms with E-state index in [0.29, 0.717) is 36.2 Å². The average Bonchev–Trinajstić information content (AvgIpc) is 3.63. The summed E-state index contributed by atoms with van der Waals surface area (Å²) in [7, 11) is 0. The maximum absolute atomic E-state index is 12.9. The van der Waals surface area contributed by atoms with Gasteiger partial charge in [-0.2, -0.15) is 24.9 Å². The number of carbonyl (C=O) groups is 3. The first-order chi connectivity index (χ1) is 23.7. The number of nitrogens with one attached hydrogen (secondary N) is 4. The van der Waals surface area contributed by atoms with E-state index in [9.17, 15) is 27.6 Å². The van der Waals surface area contributed by atoms with E-state index in [1.54, 1.807) is 0 Å². The number of halogens is 3. The molecule has 0 aliphatic carbocycles. The standard InChI is InChI=1S/C16H16F3N3O3.C14H25N3O2S.C4H10O/c17-16(18,19)13-6-10(9-20)7-14(22-13)25-12-3-1-2-11(8-12)15(24)21-4-5-23;1-9(2)7-15-12(18)6-4-3-5-11-13-10(8-20-11)16-14(19)17-13;1-4(2)3-5/h1-3,6-8,23H,4-5,9,20H2,(H,21,24);9-11,13H,3-8H2,1-2H3,(H,15,18)(H2,16,17,19);4-5H,3H2,1-2H3/t;10-,11?,13-;/m.0./s1. The number of pyridine rings is 1. The van der Waals surface area contributed by atoms with Crippen molar-refractivity contribution in [1.82, 2.24) is 26.3 Å². The monoisotopic (exact) mass is 728 g/mol. The van der Waals surface area contributed by atoms with E-state index in [1.165, 1.54) is 30.3 Å². The summed E-state index contributed by atoms with van der Waals surface area (Å²) in [5, 5.41) is 28.7. The van der Waals surface area contributed by atoms with E-state index >= 15 is 0 Å². The van der Waals surface area contributed by atoms with E-state index in [4.69, 9.17) is 20.7 Å². The molecule has 1 aromatic carbocycles. The molecular formula is C34H51F3N6O6S. The van der Waals surface area contributed by atoms with Crippen molar-refractivity contribution in [3.05, 3.63) is 53.2 Å². The Morgan fingerprint density at radius 3 is 2.42 bits per heavy atom. The molecule has 280 valence electrons. The molecule has 2 fully saturated rings. The lowest BCUT2D eigenvalue weighted by molar-refractivity contribution is -0.141. The highest BCUT2D eigenvalue weighted by molar-refractivity contribution is 8.00. The molecule has 2 aliphatic rings. The van der Waals surface area contributed by atoms with Gasteiger partial charge in [-0.1, -0.05) is 40.2 Å². The zero-order valence-electron chi connectivity index (χ0n) is 29.0. The second-order valence-electron chi connectivity index (χ2n) is 12.7. The summed E-state index contributed by atoms with van der Waals surface area (Å²) < 4.78 is 44.0. The third-order valence-electron chi connectivity index (χ3n) is 7.26. The van der Waals surface area contributed by atoms with E-state index in [2.05, 4.69) is 40.1 Å².